The molecule has 4 nitrogen and oxygen atoms in total. The first-order valence-corrected chi connectivity index (χ1v) is 4.66. The second kappa shape index (κ2) is 4.70. The fourth-order valence-electron chi connectivity index (χ4n) is 1.21. The molecule has 0 aromatic rings. The minimum Gasteiger partial charge on any atom is -0.446 e. The molecule has 0 saturated heterocycles. The van der Waals surface area contributed by atoms with Crippen LogP contribution in [0.2, 0.25) is 0 Å². The fourth-order valence-corrected chi connectivity index (χ4v) is 1.21. The van der Waals surface area contributed by atoms with E-state index in [0.29, 0.717) is 17.3 Å². The van der Waals surface area contributed by atoms with Gasteiger partial charge in [0.25, 0.3) is 0 Å². The van der Waals surface area contributed by atoms with Gasteiger partial charge in [0.05, 0.1) is 11.5 Å². The molecule has 0 saturated carbocycles. The van der Waals surface area contributed by atoms with Crippen LogP contribution in [0.4, 0.5) is 0 Å². The van der Waals surface area contributed by atoms with Gasteiger partial charge in [0, 0.05) is 6.20 Å². The maximum atomic E-state index is 9.78. The summed E-state index contributed by atoms with van der Waals surface area (Å²) < 4.78 is 5.36. The van der Waals surface area contributed by atoms with Crippen LogP contribution in [0.15, 0.2) is 48.3 Å². The molecule has 0 amide bonds. The zero-order valence-corrected chi connectivity index (χ0v) is 8.97. The smallest absolute Gasteiger partial charge is 0.197 e. The lowest BCUT2D eigenvalue weighted by atomic mass is 10.2. The van der Waals surface area contributed by atoms with E-state index in [1.807, 2.05) is 6.92 Å². The third-order valence-corrected chi connectivity index (χ3v) is 1.88. The summed E-state index contributed by atoms with van der Waals surface area (Å²) in [6, 6.07) is 0. The normalized spacial score (nSPS) is 21.3. The van der Waals surface area contributed by atoms with E-state index < -0.39 is 6.23 Å². The number of aliphatic hydroxyl groups excluding tert-OH is 1. The van der Waals surface area contributed by atoms with Crippen molar-refractivity contribution in [2.24, 2.45) is 5.73 Å². The lowest BCUT2D eigenvalue weighted by Crippen LogP contribution is -2.36. The molecule has 82 valence electrons. The summed E-state index contributed by atoms with van der Waals surface area (Å²) in [5.74, 6) is 1.05. The van der Waals surface area contributed by atoms with Crippen molar-refractivity contribution in [1.29, 1.82) is 0 Å². The highest BCUT2D eigenvalue weighted by Crippen LogP contribution is 2.19. The first-order chi connectivity index (χ1) is 7.06. The maximum Gasteiger partial charge on any atom is 0.197 e. The van der Waals surface area contributed by atoms with Crippen LogP contribution in [0, 0.1) is 0 Å². The van der Waals surface area contributed by atoms with E-state index in [0.717, 1.165) is 0 Å². The molecule has 4 heteroatoms. The Morgan fingerprint density at radius 2 is 2.40 bits per heavy atom. The number of hydrogen-bond donors (Lipinski definition) is 2. The first-order valence-electron chi connectivity index (χ1n) is 4.66. The number of aliphatic hydroxyl groups is 1. The molecule has 15 heavy (non-hydrogen) atoms. The molecule has 0 aliphatic carbocycles. The van der Waals surface area contributed by atoms with E-state index in [-0.39, 0.29) is 0 Å². The van der Waals surface area contributed by atoms with Crippen LogP contribution in [0.25, 0.3) is 0 Å². The minimum atomic E-state index is -0.888. The van der Waals surface area contributed by atoms with Crippen molar-refractivity contribution in [1.82, 2.24) is 4.90 Å². The number of rotatable bonds is 3. The van der Waals surface area contributed by atoms with Crippen LogP contribution in [-0.4, -0.2) is 16.2 Å². The highest BCUT2D eigenvalue weighted by Gasteiger charge is 2.21. The highest BCUT2D eigenvalue weighted by atomic mass is 16.5. The van der Waals surface area contributed by atoms with Crippen LogP contribution in [-0.2, 0) is 4.74 Å². The first kappa shape index (κ1) is 11.4. The minimum absolute atomic E-state index is 0.377. The quantitative estimate of drug-likeness (QED) is 0.688. The molecule has 1 unspecified atom stereocenters. The molecular weight excluding hydrogens is 192 g/mol. The Morgan fingerprint density at radius 3 is 2.93 bits per heavy atom. The number of nitrogens with zero attached hydrogens (tertiary/aromatic N) is 1. The van der Waals surface area contributed by atoms with Gasteiger partial charge in [-0.25, -0.2) is 0 Å². The van der Waals surface area contributed by atoms with Crippen molar-refractivity contribution in [2.75, 3.05) is 0 Å². The van der Waals surface area contributed by atoms with Crippen molar-refractivity contribution in [3.05, 3.63) is 48.3 Å². The Hall–Kier alpha value is -1.68. The molecule has 0 spiro atoms. The standard InChI is InChI=1S/C11H16N2O2/c1-4-10(15-8(2)3)13-7-5-6-9(12)11(13)14/h4-7,11,14H,2,12H2,1,3H3/b10-4-. The van der Waals surface area contributed by atoms with Crippen LogP contribution < -0.4 is 5.73 Å². The molecule has 0 aromatic heterocycles. The van der Waals surface area contributed by atoms with Crippen molar-refractivity contribution >= 4 is 0 Å². The second-order valence-electron chi connectivity index (χ2n) is 3.22. The largest absolute Gasteiger partial charge is 0.446 e. The van der Waals surface area contributed by atoms with E-state index in [2.05, 4.69) is 6.58 Å². The second-order valence-corrected chi connectivity index (χ2v) is 3.22. The van der Waals surface area contributed by atoms with Gasteiger partial charge in [-0.2, -0.15) is 0 Å². The van der Waals surface area contributed by atoms with E-state index in [4.69, 9.17) is 10.5 Å². The molecule has 0 bridgehead atoms. The van der Waals surface area contributed by atoms with E-state index in [9.17, 15) is 5.11 Å². The van der Waals surface area contributed by atoms with E-state index in [1.165, 1.54) is 4.90 Å². The summed E-state index contributed by atoms with van der Waals surface area (Å²) in [5, 5.41) is 9.78. The zero-order valence-electron chi connectivity index (χ0n) is 8.97. The van der Waals surface area contributed by atoms with Crippen molar-refractivity contribution in [2.45, 2.75) is 20.1 Å². The van der Waals surface area contributed by atoms with Gasteiger partial charge in [0.15, 0.2) is 12.1 Å². The molecule has 0 aromatic carbocycles. The molecule has 0 radical (unpaired) electrons. The molecule has 1 atom stereocenters. The monoisotopic (exact) mass is 208 g/mol. The van der Waals surface area contributed by atoms with Gasteiger partial charge in [0.1, 0.15) is 0 Å². The molecular formula is C11H16N2O2. The van der Waals surface area contributed by atoms with Gasteiger partial charge in [0.2, 0.25) is 0 Å². The molecule has 1 rings (SSSR count). The average molecular weight is 208 g/mol. The third-order valence-electron chi connectivity index (χ3n) is 1.88. The summed E-state index contributed by atoms with van der Waals surface area (Å²) in [6.07, 6.45) is 5.93. The summed E-state index contributed by atoms with van der Waals surface area (Å²) >= 11 is 0. The van der Waals surface area contributed by atoms with Gasteiger partial charge >= 0.3 is 0 Å². The zero-order chi connectivity index (χ0) is 11.4. The van der Waals surface area contributed by atoms with Crippen LogP contribution >= 0.6 is 0 Å². The third kappa shape index (κ3) is 2.63. The van der Waals surface area contributed by atoms with Gasteiger partial charge in [-0.05, 0) is 32.1 Å². The van der Waals surface area contributed by atoms with Crippen molar-refractivity contribution < 1.29 is 9.84 Å². The topological polar surface area (TPSA) is 58.7 Å². The Balaban J connectivity index is 2.83. The predicted molar refractivity (Wildman–Crippen MR) is 58.9 cm³/mol. The van der Waals surface area contributed by atoms with Gasteiger partial charge in [-0.1, -0.05) is 6.58 Å². The number of nitrogens with two attached hydrogens (primary N) is 1. The van der Waals surface area contributed by atoms with Gasteiger partial charge in [-0.15, -0.1) is 0 Å². The summed E-state index contributed by atoms with van der Waals surface area (Å²) in [7, 11) is 0. The molecule has 1 aliphatic heterocycles. The molecule has 1 aliphatic rings. The summed E-state index contributed by atoms with van der Waals surface area (Å²) in [6.45, 7) is 7.19. The van der Waals surface area contributed by atoms with Crippen LogP contribution in [0.1, 0.15) is 13.8 Å². The number of hydrogen-bond acceptors (Lipinski definition) is 4. The number of allylic oxidation sites excluding steroid dienone is 4. The summed E-state index contributed by atoms with van der Waals surface area (Å²) in [5.41, 5.74) is 5.98. The Kier molecular flexibility index (Phi) is 3.57. The average Bonchev–Trinajstić information content (AvgIpc) is 2.19. The Bertz CT molecular complexity index is 342. The lowest BCUT2D eigenvalue weighted by Gasteiger charge is -2.30. The Labute approximate surface area is 89.6 Å². The maximum absolute atomic E-state index is 9.78. The van der Waals surface area contributed by atoms with Crippen LogP contribution in [0.3, 0.4) is 0 Å². The molecule has 0 fully saturated rings. The molecule has 3 N–H and O–H groups in total. The Morgan fingerprint density at radius 1 is 1.73 bits per heavy atom. The van der Waals surface area contributed by atoms with E-state index in [1.54, 1.807) is 31.4 Å². The van der Waals surface area contributed by atoms with Crippen LogP contribution in [0.5, 0.6) is 0 Å². The highest BCUT2D eigenvalue weighted by molar-refractivity contribution is 5.21. The lowest BCUT2D eigenvalue weighted by molar-refractivity contribution is 0.0457. The van der Waals surface area contributed by atoms with Crippen molar-refractivity contribution in [3.63, 3.8) is 0 Å². The number of ether oxygens (including phenoxy) is 1. The summed E-state index contributed by atoms with van der Waals surface area (Å²) in [4.78, 5) is 1.53. The van der Waals surface area contributed by atoms with Gasteiger partial charge < -0.3 is 15.6 Å². The fraction of sp³-hybridized carbons (Fsp3) is 0.273. The van der Waals surface area contributed by atoms with E-state index >= 15 is 0 Å². The van der Waals surface area contributed by atoms with Gasteiger partial charge in [-0.3, -0.25) is 4.90 Å². The molecule has 1 heterocycles. The predicted octanol–water partition coefficient (Wildman–Crippen LogP) is 1.39. The SMILES string of the molecule is C=C(C)O/C(=C\C)N1C=CC=C(N)C1O. The van der Waals surface area contributed by atoms with Crippen molar-refractivity contribution in [3.8, 4) is 0 Å².